The van der Waals surface area contributed by atoms with Crippen LogP contribution in [0.4, 0.5) is 5.69 Å². The molecule has 0 spiro atoms. The summed E-state index contributed by atoms with van der Waals surface area (Å²) in [7, 11) is 0. The van der Waals surface area contributed by atoms with Crippen molar-refractivity contribution in [3.63, 3.8) is 0 Å². The molecule has 2 rings (SSSR count). The van der Waals surface area contributed by atoms with Crippen LogP contribution in [0.25, 0.3) is 0 Å². The molecule has 0 saturated heterocycles. The molecule has 15 heavy (non-hydrogen) atoms. The number of anilines is 1. The first kappa shape index (κ1) is 9.98. The van der Waals surface area contributed by atoms with Crippen LogP contribution >= 0.6 is 0 Å². The largest absolute Gasteiger partial charge is 0.478 e. The fraction of sp³-hybridized carbons (Fsp3) is 0.364. The maximum absolute atomic E-state index is 11.5. The van der Waals surface area contributed by atoms with Crippen molar-refractivity contribution in [2.24, 2.45) is 0 Å². The van der Waals surface area contributed by atoms with Crippen LogP contribution in [0.5, 0.6) is 5.75 Å². The third kappa shape index (κ3) is 1.94. The van der Waals surface area contributed by atoms with Crippen molar-refractivity contribution in [2.45, 2.75) is 19.4 Å². The maximum atomic E-state index is 11.5. The Morgan fingerprint density at radius 3 is 3.07 bits per heavy atom. The Bertz CT molecular complexity index is 389. The number of ether oxygens (including phenoxy) is 1. The number of aliphatic hydroxyl groups is 1. The molecule has 1 amide bonds. The molecule has 1 atom stereocenters. The second-order valence-corrected chi connectivity index (χ2v) is 3.61. The van der Waals surface area contributed by atoms with Gasteiger partial charge >= 0.3 is 0 Å². The highest BCUT2D eigenvalue weighted by Gasteiger charge is 2.26. The Hall–Kier alpha value is -1.55. The molecule has 1 heterocycles. The number of hydrogen-bond acceptors (Lipinski definition) is 3. The van der Waals surface area contributed by atoms with Crippen LogP contribution in [-0.4, -0.2) is 23.7 Å². The lowest BCUT2D eigenvalue weighted by molar-refractivity contribution is -0.124. The fourth-order valence-electron chi connectivity index (χ4n) is 1.57. The molecule has 4 heteroatoms. The maximum Gasteiger partial charge on any atom is 0.265 e. The molecule has 1 aromatic rings. The first-order valence-electron chi connectivity index (χ1n) is 4.90. The number of aryl methyl sites for hydroxylation is 1. The van der Waals surface area contributed by atoms with Gasteiger partial charge in [0.25, 0.3) is 5.91 Å². The minimum Gasteiger partial charge on any atom is -0.478 e. The van der Waals surface area contributed by atoms with Crippen molar-refractivity contribution in [3.05, 3.63) is 23.8 Å². The summed E-state index contributed by atoms with van der Waals surface area (Å²) >= 11 is 0. The van der Waals surface area contributed by atoms with Gasteiger partial charge in [-0.3, -0.25) is 4.79 Å². The summed E-state index contributed by atoms with van der Waals surface area (Å²) in [4.78, 5) is 11.5. The SMILES string of the molecule is Cc1ccc2c(c1)NC(=O)[C@H](CCO)O2. The first-order chi connectivity index (χ1) is 7.20. The van der Waals surface area contributed by atoms with Crippen LogP contribution in [0, 0.1) is 6.92 Å². The van der Waals surface area contributed by atoms with Crippen molar-refractivity contribution in [3.8, 4) is 5.75 Å². The smallest absolute Gasteiger partial charge is 0.265 e. The van der Waals surface area contributed by atoms with E-state index in [0.717, 1.165) is 5.56 Å². The van der Waals surface area contributed by atoms with E-state index in [4.69, 9.17) is 9.84 Å². The average molecular weight is 207 g/mol. The van der Waals surface area contributed by atoms with E-state index in [-0.39, 0.29) is 12.5 Å². The van der Waals surface area contributed by atoms with Crippen molar-refractivity contribution in [1.82, 2.24) is 0 Å². The van der Waals surface area contributed by atoms with E-state index in [1.165, 1.54) is 0 Å². The van der Waals surface area contributed by atoms with Gasteiger partial charge in [-0.2, -0.15) is 0 Å². The standard InChI is InChI=1S/C11H13NO3/c1-7-2-3-9-8(6-7)12-11(14)10(15-9)4-5-13/h2-3,6,10,13H,4-5H2,1H3,(H,12,14)/t10-/m0/s1. The number of nitrogens with one attached hydrogen (secondary N) is 1. The summed E-state index contributed by atoms with van der Waals surface area (Å²) in [5, 5.41) is 11.5. The van der Waals surface area contributed by atoms with E-state index in [9.17, 15) is 4.79 Å². The predicted molar refractivity (Wildman–Crippen MR) is 55.9 cm³/mol. The van der Waals surface area contributed by atoms with E-state index in [0.29, 0.717) is 17.9 Å². The molecule has 0 aromatic heterocycles. The summed E-state index contributed by atoms with van der Waals surface area (Å²) in [6, 6.07) is 5.61. The van der Waals surface area contributed by atoms with Gasteiger partial charge in [0.05, 0.1) is 5.69 Å². The van der Waals surface area contributed by atoms with Gasteiger partial charge in [0.1, 0.15) is 5.75 Å². The lowest BCUT2D eigenvalue weighted by Crippen LogP contribution is -2.37. The molecule has 0 unspecified atom stereocenters. The van der Waals surface area contributed by atoms with Gasteiger partial charge in [0, 0.05) is 13.0 Å². The zero-order chi connectivity index (χ0) is 10.8. The molecular formula is C11H13NO3. The summed E-state index contributed by atoms with van der Waals surface area (Å²) in [5.74, 6) is 0.473. The predicted octanol–water partition coefficient (Wildman–Crippen LogP) is 1.08. The van der Waals surface area contributed by atoms with Gasteiger partial charge in [-0.25, -0.2) is 0 Å². The number of hydrogen-bond donors (Lipinski definition) is 2. The zero-order valence-electron chi connectivity index (χ0n) is 8.49. The first-order valence-corrected chi connectivity index (χ1v) is 4.90. The van der Waals surface area contributed by atoms with Crippen molar-refractivity contribution in [2.75, 3.05) is 11.9 Å². The molecule has 0 fully saturated rings. The molecule has 1 aliphatic rings. The van der Waals surface area contributed by atoms with Gasteiger partial charge in [-0.15, -0.1) is 0 Å². The summed E-state index contributed by atoms with van der Waals surface area (Å²) < 4.78 is 5.47. The lowest BCUT2D eigenvalue weighted by atomic mass is 10.1. The Labute approximate surface area is 87.9 Å². The van der Waals surface area contributed by atoms with Crippen molar-refractivity contribution in [1.29, 1.82) is 0 Å². The third-order valence-corrected chi connectivity index (χ3v) is 2.35. The number of carbonyl (C=O) groups excluding carboxylic acids is 1. The quantitative estimate of drug-likeness (QED) is 0.762. The van der Waals surface area contributed by atoms with Crippen LogP contribution in [0.15, 0.2) is 18.2 Å². The number of carbonyl (C=O) groups is 1. The van der Waals surface area contributed by atoms with E-state index in [2.05, 4.69) is 5.32 Å². The van der Waals surface area contributed by atoms with Crippen molar-refractivity contribution >= 4 is 11.6 Å². The van der Waals surface area contributed by atoms with Crippen LogP contribution in [-0.2, 0) is 4.79 Å². The number of benzene rings is 1. The van der Waals surface area contributed by atoms with E-state index in [1.54, 1.807) is 0 Å². The average Bonchev–Trinajstić information content (AvgIpc) is 2.20. The monoisotopic (exact) mass is 207 g/mol. The summed E-state index contributed by atoms with van der Waals surface area (Å²) in [6.07, 6.45) is -0.260. The topological polar surface area (TPSA) is 58.6 Å². The minimum atomic E-state index is -0.579. The third-order valence-electron chi connectivity index (χ3n) is 2.35. The number of amides is 1. The Balaban J connectivity index is 2.26. The Morgan fingerprint density at radius 2 is 2.33 bits per heavy atom. The number of rotatable bonds is 2. The number of fused-ring (bicyclic) bond motifs is 1. The molecule has 1 aliphatic heterocycles. The second-order valence-electron chi connectivity index (χ2n) is 3.61. The molecule has 4 nitrogen and oxygen atoms in total. The molecule has 2 N–H and O–H groups in total. The molecule has 0 saturated carbocycles. The molecule has 0 bridgehead atoms. The Morgan fingerprint density at radius 1 is 1.53 bits per heavy atom. The highest BCUT2D eigenvalue weighted by Crippen LogP contribution is 2.30. The highest BCUT2D eigenvalue weighted by atomic mass is 16.5. The lowest BCUT2D eigenvalue weighted by Gasteiger charge is -2.25. The molecule has 80 valence electrons. The van der Waals surface area contributed by atoms with Crippen molar-refractivity contribution < 1.29 is 14.6 Å². The van der Waals surface area contributed by atoms with Crippen LogP contribution in [0.3, 0.4) is 0 Å². The van der Waals surface area contributed by atoms with E-state index in [1.807, 2.05) is 25.1 Å². The summed E-state index contributed by atoms with van der Waals surface area (Å²) in [5.41, 5.74) is 1.77. The van der Waals surface area contributed by atoms with Crippen LogP contribution < -0.4 is 10.1 Å². The molecule has 0 aliphatic carbocycles. The highest BCUT2D eigenvalue weighted by molar-refractivity contribution is 5.97. The molecular weight excluding hydrogens is 194 g/mol. The van der Waals surface area contributed by atoms with Gasteiger partial charge in [0.15, 0.2) is 6.10 Å². The molecule has 1 aromatic carbocycles. The van der Waals surface area contributed by atoms with Gasteiger partial charge in [0.2, 0.25) is 0 Å². The zero-order valence-corrected chi connectivity index (χ0v) is 8.49. The number of aliphatic hydroxyl groups excluding tert-OH is 1. The van der Waals surface area contributed by atoms with Gasteiger partial charge in [-0.1, -0.05) is 6.07 Å². The minimum absolute atomic E-state index is 0.0563. The van der Waals surface area contributed by atoms with Crippen LogP contribution in [0.2, 0.25) is 0 Å². The second kappa shape index (κ2) is 3.90. The van der Waals surface area contributed by atoms with Gasteiger partial charge < -0.3 is 15.2 Å². The molecule has 0 radical (unpaired) electrons. The van der Waals surface area contributed by atoms with E-state index >= 15 is 0 Å². The Kier molecular flexibility index (Phi) is 2.60. The summed E-state index contributed by atoms with van der Waals surface area (Å²) in [6.45, 7) is 1.89. The van der Waals surface area contributed by atoms with Gasteiger partial charge in [-0.05, 0) is 24.6 Å². The normalized spacial score (nSPS) is 19.1. The van der Waals surface area contributed by atoms with Crippen LogP contribution in [0.1, 0.15) is 12.0 Å². The van der Waals surface area contributed by atoms with E-state index < -0.39 is 6.10 Å². The fourth-order valence-corrected chi connectivity index (χ4v) is 1.57.